The molecular formula is C15H24O. The Kier molecular flexibility index (Phi) is 4.40. The first-order valence-electron chi connectivity index (χ1n) is 6.27. The standard InChI is InChI=1S/C15H24O/c1-5-13(15(3,4)6-2)11-12-7-9-14(16)10-8-12/h7-10,13,16H,5-6,11H2,1-4H3. The predicted molar refractivity (Wildman–Crippen MR) is 69.7 cm³/mol. The van der Waals surface area contributed by atoms with Gasteiger partial charge in [-0.3, -0.25) is 0 Å². The molecular weight excluding hydrogens is 196 g/mol. The van der Waals surface area contributed by atoms with Crippen molar-refractivity contribution in [3.63, 3.8) is 0 Å². The van der Waals surface area contributed by atoms with E-state index >= 15 is 0 Å². The average molecular weight is 220 g/mol. The lowest BCUT2D eigenvalue weighted by atomic mass is 9.72. The van der Waals surface area contributed by atoms with Gasteiger partial charge in [-0.15, -0.1) is 0 Å². The fourth-order valence-corrected chi connectivity index (χ4v) is 2.18. The van der Waals surface area contributed by atoms with Crippen LogP contribution in [-0.4, -0.2) is 5.11 Å². The third-order valence-electron chi connectivity index (χ3n) is 3.93. The summed E-state index contributed by atoms with van der Waals surface area (Å²) in [7, 11) is 0. The van der Waals surface area contributed by atoms with Crippen LogP contribution in [0.15, 0.2) is 24.3 Å². The van der Waals surface area contributed by atoms with E-state index in [0.29, 0.717) is 17.1 Å². The summed E-state index contributed by atoms with van der Waals surface area (Å²) >= 11 is 0. The SMILES string of the molecule is CCC(Cc1ccc(O)cc1)C(C)(C)CC. The van der Waals surface area contributed by atoms with Gasteiger partial charge in [-0.2, -0.15) is 0 Å². The Hall–Kier alpha value is -0.980. The molecule has 0 saturated carbocycles. The number of rotatable bonds is 5. The normalized spacial score (nSPS) is 13.8. The molecule has 0 aromatic heterocycles. The van der Waals surface area contributed by atoms with Gasteiger partial charge in [-0.05, 0) is 35.4 Å². The molecule has 16 heavy (non-hydrogen) atoms. The quantitative estimate of drug-likeness (QED) is 0.780. The molecule has 0 bridgehead atoms. The molecule has 90 valence electrons. The van der Waals surface area contributed by atoms with Crippen LogP contribution in [0.4, 0.5) is 0 Å². The Morgan fingerprint density at radius 3 is 2.12 bits per heavy atom. The molecule has 1 unspecified atom stereocenters. The van der Waals surface area contributed by atoms with Crippen LogP contribution in [0.2, 0.25) is 0 Å². The first-order valence-corrected chi connectivity index (χ1v) is 6.27. The van der Waals surface area contributed by atoms with E-state index in [0.717, 1.165) is 6.42 Å². The molecule has 0 amide bonds. The number of aromatic hydroxyl groups is 1. The van der Waals surface area contributed by atoms with Crippen LogP contribution in [0, 0.1) is 11.3 Å². The van der Waals surface area contributed by atoms with E-state index in [1.165, 1.54) is 18.4 Å². The van der Waals surface area contributed by atoms with Crippen molar-refractivity contribution in [2.45, 2.75) is 47.0 Å². The molecule has 1 rings (SSSR count). The fourth-order valence-electron chi connectivity index (χ4n) is 2.18. The van der Waals surface area contributed by atoms with E-state index in [1.54, 1.807) is 12.1 Å². The Labute approximate surface area is 99.5 Å². The van der Waals surface area contributed by atoms with Gasteiger partial charge in [0.15, 0.2) is 0 Å². The van der Waals surface area contributed by atoms with Crippen LogP contribution in [0.3, 0.4) is 0 Å². The van der Waals surface area contributed by atoms with Crippen LogP contribution in [-0.2, 0) is 6.42 Å². The summed E-state index contributed by atoms with van der Waals surface area (Å²) in [6.45, 7) is 9.23. The zero-order chi connectivity index (χ0) is 12.2. The van der Waals surface area contributed by atoms with Crippen molar-refractivity contribution in [2.24, 2.45) is 11.3 Å². The second-order valence-corrected chi connectivity index (χ2v) is 5.32. The zero-order valence-corrected chi connectivity index (χ0v) is 11.0. The minimum atomic E-state index is 0.353. The fraction of sp³-hybridized carbons (Fsp3) is 0.600. The molecule has 0 spiro atoms. The summed E-state index contributed by atoms with van der Waals surface area (Å²) in [6, 6.07) is 7.62. The Bertz CT molecular complexity index is 311. The van der Waals surface area contributed by atoms with E-state index < -0.39 is 0 Å². The van der Waals surface area contributed by atoms with Gasteiger partial charge in [0, 0.05) is 0 Å². The minimum Gasteiger partial charge on any atom is -0.508 e. The summed E-state index contributed by atoms with van der Waals surface area (Å²) in [5, 5.41) is 9.25. The minimum absolute atomic E-state index is 0.353. The number of benzene rings is 1. The highest BCUT2D eigenvalue weighted by Crippen LogP contribution is 2.35. The Morgan fingerprint density at radius 1 is 1.12 bits per heavy atom. The van der Waals surface area contributed by atoms with E-state index in [-0.39, 0.29) is 0 Å². The maximum absolute atomic E-state index is 9.25. The molecule has 0 heterocycles. The van der Waals surface area contributed by atoms with Crippen molar-refractivity contribution >= 4 is 0 Å². The maximum Gasteiger partial charge on any atom is 0.115 e. The zero-order valence-electron chi connectivity index (χ0n) is 11.0. The van der Waals surface area contributed by atoms with Crippen LogP contribution in [0.5, 0.6) is 5.75 Å². The summed E-state index contributed by atoms with van der Waals surface area (Å²) in [5.41, 5.74) is 1.72. The molecule has 0 radical (unpaired) electrons. The van der Waals surface area contributed by atoms with Gasteiger partial charge in [0.2, 0.25) is 0 Å². The Morgan fingerprint density at radius 2 is 1.69 bits per heavy atom. The van der Waals surface area contributed by atoms with Gasteiger partial charge in [0.1, 0.15) is 5.75 Å². The predicted octanol–water partition coefficient (Wildman–Crippen LogP) is 4.40. The first kappa shape index (κ1) is 13.1. The van der Waals surface area contributed by atoms with Crippen molar-refractivity contribution in [3.05, 3.63) is 29.8 Å². The lowest BCUT2D eigenvalue weighted by molar-refractivity contribution is 0.195. The molecule has 0 fully saturated rings. The second kappa shape index (κ2) is 5.38. The third kappa shape index (κ3) is 3.26. The monoisotopic (exact) mass is 220 g/mol. The van der Waals surface area contributed by atoms with Crippen LogP contribution in [0.1, 0.15) is 46.1 Å². The van der Waals surface area contributed by atoms with Crippen molar-refractivity contribution in [2.75, 3.05) is 0 Å². The second-order valence-electron chi connectivity index (χ2n) is 5.32. The number of phenols is 1. The van der Waals surface area contributed by atoms with E-state index in [9.17, 15) is 5.11 Å². The topological polar surface area (TPSA) is 20.2 Å². The van der Waals surface area contributed by atoms with Crippen molar-refractivity contribution < 1.29 is 5.11 Å². The van der Waals surface area contributed by atoms with E-state index in [4.69, 9.17) is 0 Å². The summed E-state index contributed by atoms with van der Waals surface area (Å²) in [5.74, 6) is 1.06. The highest BCUT2D eigenvalue weighted by atomic mass is 16.3. The van der Waals surface area contributed by atoms with Gasteiger partial charge in [0.25, 0.3) is 0 Å². The largest absolute Gasteiger partial charge is 0.508 e. The van der Waals surface area contributed by atoms with Gasteiger partial charge >= 0.3 is 0 Å². The van der Waals surface area contributed by atoms with Crippen LogP contribution >= 0.6 is 0 Å². The molecule has 0 aliphatic heterocycles. The highest BCUT2D eigenvalue weighted by Gasteiger charge is 2.26. The van der Waals surface area contributed by atoms with Crippen molar-refractivity contribution in [1.29, 1.82) is 0 Å². The maximum atomic E-state index is 9.25. The molecule has 1 aromatic carbocycles. The average Bonchev–Trinajstić information content (AvgIpc) is 2.28. The number of hydrogen-bond acceptors (Lipinski definition) is 1. The smallest absolute Gasteiger partial charge is 0.115 e. The molecule has 0 saturated heterocycles. The van der Waals surface area contributed by atoms with Crippen molar-refractivity contribution in [3.8, 4) is 5.75 Å². The van der Waals surface area contributed by atoms with Gasteiger partial charge in [-0.25, -0.2) is 0 Å². The highest BCUT2D eigenvalue weighted by molar-refractivity contribution is 5.26. The summed E-state index contributed by atoms with van der Waals surface area (Å²) in [6.07, 6.45) is 3.53. The number of hydrogen-bond donors (Lipinski definition) is 1. The van der Waals surface area contributed by atoms with Crippen molar-refractivity contribution in [1.82, 2.24) is 0 Å². The first-order chi connectivity index (χ1) is 7.49. The molecule has 1 aromatic rings. The summed E-state index contributed by atoms with van der Waals surface area (Å²) in [4.78, 5) is 0. The molecule has 1 atom stereocenters. The molecule has 1 heteroatoms. The molecule has 1 nitrogen and oxygen atoms in total. The van der Waals surface area contributed by atoms with Gasteiger partial charge in [-0.1, -0.05) is 52.7 Å². The molecule has 0 aliphatic rings. The van der Waals surface area contributed by atoms with Gasteiger partial charge < -0.3 is 5.11 Å². The lowest BCUT2D eigenvalue weighted by Gasteiger charge is -2.33. The van der Waals surface area contributed by atoms with Gasteiger partial charge in [0.05, 0.1) is 0 Å². The molecule has 0 aliphatic carbocycles. The van der Waals surface area contributed by atoms with Crippen LogP contribution in [0.25, 0.3) is 0 Å². The van der Waals surface area contributed by atoms with E-state index in [1.807, 2.05) is 12.1 Å². The van der Waals surface area contributed by atoms with E-state index in [2.05, 4.69) is 27.7 Å². The van der Waals surface area contributed by atoms with Crippen LogP contribution < -0.4 is 0 Å². The lowest BCUT2D eigenvalue weighted by Crippen LogP contribution is -2.24. The summed E-state index contributed by atoms with van der Waals surface area (Å²) < 4.78 is 0. The molecule has 1 N–H and O–H groups in total. The third-order valence-corrected chi connectivity index (χ3v) is 3.93. The number of phenolic OH excluding ortho intramolecular Hbond substituents is 1. The Balaban J connectivity index is 2.74.